The van der Waals surface area contributed by atoms with Crippen LogP contribution >= 0.6 is 11.8 Å². The average molecular weight is 334 g/mol. The van der Waals surface area contributed by atoms with E-state index in [0.29, 0.717) is 16.8 Å². The third-order valence-corrected chi connectivity index (χ3v) is 4.25. The molecule has 1 amide bonds. The van der Waals surface area contributed by atoms with Crippen LogP contribution in [0.3, 0.4) is 0 Å². The van der Waals surface area contributed by atoms with E-state index in [-0.39, 0.29) is 17.3 Å². The van der Waals surface area contributed by atoms with Gasteiger partial charge in [-0.25, -0.2) is 4.68 Å². The molecule has 0 bridgehead atoms. The lowest BCUT2D eigenvalue weighted by Crippen LogP contribution is -2.17. The quantitative estimate of drug-likeness (QED) is 0.354. The lowest BCUT2D eigenvalue weighted by molar-refractivity contribution is -0.384. The predicted octanol–water partition coefficient (Wildman–Crippen LogP) is 1.51. The number of nitro benzene ring substituents is 1. The third kappa shape index (κ3) is 3.59. The Morgan fingerprint density at radius 1 is 1.48 bits per heavy atom. The molecule has 9 nitrogen and oxygen atoms in total. The number of amides is 1. The Morgan fingerprint density at radius 3 is 2.96 bits per heavy atom. The van der Waals surface area contributed by atoms with Crippen molar-refractivity contribution in [2.75, 3.05) is 16.9 Å². The number of anilines is 1. The number of hydrogen-bond acceptors (Lipinski definition) is 7. The van der Waals surface area contributed by atoms with E-state index in [2.05, 4.69) is 15.5 Å². The molecule has 2 aromatic rings. The molecule has 1 aromatic carbocycles. The maximum absolute atomic E-state index is 11.9. The number of nitrogens with one attached hydrogen (secondary N) is 1. The van der Waals surface area contributed by atoms with Gasteiger partial charge in [0, 0.05) is 23.7 Å². The van der Waals surface area contributed by atoms with Gasteiger partial charge in [-0.05, 0) is 18.9 Å². The van der Waals surface area contributed by atoms with Crippen molar-refractivity contribution in [3.8, 4) is 0 Å². The molecular weight excluding hydrogens is 320 g/mol. The lowest BCUT2D eigenvalue weighted by Gasteiger charge is -2.05. The molecule has 0 unspecified atom stereocenters. The van der Waals surface area contributed by atoms with Gasteiger partial charge in [0.1, 0.15) is 0 Å². The van der Waals surface area contributed by atoms with Gasteiger partial charge in [-0.15, -0.1) is 10.2 Å². The first-order valence-corrected chi connectivity index (χ1v) is 7.90. The number of nitro groups is 1. The van der Waals surface area contributed by atoms with Crippen molar-refractivity contribution < 1.29 is 9.72 Å². The zero-order valence-corrected chi connectivity index (χ0v) is 12.8. The highest BCUT2D eigenvalue weighted by Gasteiger charge is 2.30. The minimum absolute atomic E-state index is 0.0776. The number of aromatic nitrogens is 3. The standard InChI is InChI=1S/C13H14N6O3S/c14-18-12(8-4-5-8)16-17-13(18)23-7-11(20)15-9-2-1-3-10(6-9)19(21)22/h1-3,6,8H,4-5,7,14H2,(H,15,20). The summed E-state index contributed by atoms with van der Waals surface area (Å²) < 4.78 is 1.42. The fourth-order valence-electron chi connectivity index (χ4n) is 2.03. The molecule has 0 saturated heterocycles. The second kappa shape index (κ2) is 6.24. The summed E-state index contributed by atoms with van der Waals surface area (Å²) in [7, 11) is 0. The maximum atomic E-state index is 11.9. The summed E-state index contributed by atoms with van der Waals surface area (Å²) in [5.41, 5.74) is 0.295. The van der Waals surface area contributed by atoms with Crippen LogP contribution in [0.2, 0.25) is 0 Å². The molecule has 0 atom stereocenters. The van der Waals surface area contributed by atoms with Gasteiger partial charge in [0.15, 0.2) is 5.82 Å². The number of nitrogens with zero attached hydrogens (tertiary/aromatic N) is 4. The number of thioether (sulfide) groups is 1. The van der Waals surface area contributed by atoms with Gasteiger partial charge >= 0.3 is 0 Å². The van der Waals surface area contributed by atoms with E-state index in [1.165, 1.54) is 34.6 Å². The molecule has 1 aliphatic rings. The summed E-state index contributed by atoms with van der Waals surface area (Å²) in [6.45, 7) is 0. The highest BCUT2D eigenvalue weighted by molar-refractivity contribution is 7.99. The highest BCUT2D eigenvalue weighted by Crippen LogP contribution is 2.39. The number of nitrogen functional groups attached to an aromatic ring is 1. The fourth-order valence-corrected chi connectivity index (χ4v) is 2.69. The molecule has 0 spiro atoms. The van der Waals surface area contributed by atoms with Crippen molar-refractivity contribution in [1.82, 2.24) is 14.9 Å². The number of carbonyl (C=O) groups excluding carboxylic acids is 1. The van der Waals surface area contributed by atoms with Gasteiger partial charge in [-0.3, -0.25) is 14.9 Å². The number of non-ortho nitro benzene ring substituents is 1. The summed E-state index contributed by atoms with van der Waals surface area (Å²) in [5.74, 6) is 6.80. The molecule has 1 aromatic heterocycles. The molecule has 3 N–H and O–H groups in total. The molecule has 3 rings (SSSR count). The first kappa shape index (κ1) is 15.3. The Kier molecular flexibility index (Phi) is 4.15. The smallest absolute Gasteiger partial charge is 0.271 e. The van der Waals surface area contributed by atoms with Crippen molar-refractivity contribution in [2.45, 2.75) is 23.9 Å². The number of rotatable bonds is 6. The largest absolute Gasteiger partial charge is 0.336 e. The number of nitrogens with two attached hydrogens (primary N) is 1. The molecule has 10 heteroatoms. The summed E-state index contributed by atoms with van der Waals surface area (Å²) >= 11 is 1.17. The summed E-state index contributed by atoms with van der Waals surface area (Å²) in [4.78, 5) is 22.1. The van der Waals surface area contributed by atoms with E-state index in [9.17, 15) is 14.9 Å². The van der Waals surface area contributed by atoms with E-state index in [1.807, 2.05) is 0 Å². The average Bonchev–Trinajstić information content (AvgIpc) is 3.29. The third-order valence-electron chi connectivity index (χ3n) is 3.31. The number of hydrogen-bond donors (Lipinski definition) is 2. The van der Waals surface area contributed by atoms with E-state index < -0.39 is 4.92 Å². The van der Waals surface area contributed by atoms with Gasteiger partial charge in [-0.2, -0.15) is 0 Å². The first-order chi connectivity index (χ1) is 11.0. The normalized spacial score (nSPS) is 13.7. The first-order valence-electron chi connectivity index (χ1n) is 6.92. The van der Waals surface area contributed by atoms with Gasteiger partial charge in [-0.1, -0.05) is 17.8 Å². The summed E-state index contributed by atoms with van der Waals surface area (Å²) in [5, 5.41) is 21.8. The van der Waals surface area contributed by atoms with Gasteiger partial charge in [0.25, 0.3) is 5.69 Å². The molecule has 23 heavy (non-hydrogen) atoms. The summed E-state index contributed by atoms with van der Waals surface area (Å²) in [6, 6.07) is 5.77. The maximum Gasteiger partial charge on any atom is 0.271 e. The molecule has 1 fully saturated rings. The highest BCUT2D eigenvalue weighted by atomic mass is 32.2. The van der Waals surface area contributed by atoms with E-state index in [0.717, 1.165) is 18.7 Å². The zero-order valence-electron chi connectivity index (χ0n) is 12.0. The van der Waals surface area contributed by atoms with E-state index in [4.69, 9.17) is 5.84 Å². The van der Waals surface area contributed by atoms with Crippen molar-refractivity contribution in [3.63, 3.8) is 0 Å². The fraction of sp³-hybridized carbons (Fsp3) is 0.308. The Morgan fingerprint density at radius 2 is 2.26 bits per heavy atom. The Bertz CT molecular complexity index is 758. The van der Waals surface area contributed by atoms with Crippen LogP contribution in [0, 0.1) is 10.1 Å². The van der Waals surface area contributed by atoms with Crippen LogP contribution in [0.4, 0.5) is 11.4 Å². The van der Waals surface area contributed by atoms with Crippen LogP contribution in [0.1, 0.15) is 24.6 Å². The molecule has 0 radical (unpaired) electrons. The van der Waals surface area contributed by atoms with Crippen molar-refractivity contribution in [1.29, 1.82) is 0 Å². The van der Waals surface area contributed by atoms with Crippen LogP contribution in [-0.2, 0) is 4.79 Å². The second-order valence-corrected chi connectivity index (χ2v) is 6.07. The van der Waals surface area contributed by atoms with E-state index >= 15 is 0 Å². The summed E-state index contributed by atoms with van der Waals surface area (Å²) in [6.07, 6.45) is 2.13. The minimum Gasteiger partial charge on any atom is -0.336 e. The Hall–Kier alpha value is -2.62. The lowest BCUT2D eigenvalue weighted by atomic mass is 10.3. The number of carbonyl (C=O) groups is 1. The van der Waals surface area contributed by atoms with Gasteiger partial charge < -0.3 is 11.2 Å². The van der Waals surface area contributed by atoms with Crippen LogP contribution in [0.25, 0.3) is 0 Å². The second-order valence-electron chi connectivity index (χ2n) is 5.13. The van der Waals surface area contributed by atoms with Crippen LogP contribution < -0.4 is 11.2 Å². The molecule has 1 heterocycles. The predicted molar refractivity (Wildman–Crippen MR) is 84.6 cm³/mol. The molecule has 120 valence electrons. The van der Waals surface area contributed by atoms with Gasteiger partial charge in [0.2, 0.25) is 11.1 Å². The minimum atomic E-state index is -0.513. The topological polar surface area (TPSA) is 129 Å². The number of benzene rings is 1. The van der Waals surface area contributed by atoms with Crippen LogP contribution in [-0.4, -0.2) is 31.5 Å². The SMILES string of the molecule is Nn1c(SCC(=O)Nc2cccc([N+](=O)[O-])c2)nnc1C1CC1. The molecule has 1 aliphatic carbocycles. The van der Waals surface area contributed by atoms with Gasteiger partial charge in [0.05, 0.1) is 10.7 Å². The molecule has 1 saturated carbocycles. The van der Waals surface area contributed by atoms with Crippen LogP contribution in [0.5, 0.6) is 0 Å². The Labute approximate surface area is 135 Å². The van der Waals surface area contributed by atoms with E-state index in [1.54, 1.807) is 6.07 Å². The van der Waals surface area contributed by atoms with Crippen LogP contribution in [0.15, 0.2) is 29.4 Å². The van der Waals surface area contributed by atoms with Crippen molar-refractivity contribution in [2.24, 2.45) is 0 Å². The zero-order chi connectivity index (χ0) is 16.4. The monoisotopic (exact) mass is 334 g/mol. The van der Waals surface area contributed by atoms with Crippen molar-refractivity contribution in [3.05, 3.63) is 40.2 Å². The van der Waals surface area contributed by atoms with Crippen molar-refractivity contribution >= 4 is 29.0 Å². The molecule has 0 aliphatic heterocycles. The Balaban J connectivity index is 1.57. The molecular formula is C13H14N6O3S.